The minimum Gasteiger partial charge on any atom is -0.508 e. The predicted octanol–water partition coefficient (Wildman–Crippen LogP) is 2.74. The number of phenolic OH excluding ortho intramolecular Hbond substituents is 1. The molecule has 0 aromatic heterocycles. The Kier molecular flexibility index (Phi) is 3.68. The van der Waals surface area contributed by atoms with Gasteiger partial charge in [0.15, 0.2) is 0 Å². The standard InChI is InChI=1S/C16H19NO3/c1-16(2,15(19)20-3)14(17)13-11-7-5-4-6-10(11)8-9-12(13)18/h4-9,14,18H,17H2,1-3H3/t14-/m0/s1. The van der Waals surface area contributed by atoms with E-state index in [2.05, 4.69) is 0 Å². The number of rotatable bonds is 3. The molecule has 0 fully saturated rings. The number of nitrogens with two attached hydrogens (primary N) is 1. The summed E-state index contributed by atoms with van der Waals surface area (Å²) >= 11 is 0. The summed E-state index contributed by atoms with van der Waals surface area (Å²) in [7, 11) is 1.33. The smallest absolute Gasteiger partial charge is 0.313 e. The lowest BCUT2D eigenvalue weighted by molar-refractivity contribution is -0.152. The summed E-state index contributed by atoms with van der Waals surface area (Å²) in [6.45, 7) is 3.43. The average Bonchev–Trinajstić information content (AvgIpc) is 2.45. The van der Waals surface area contributed by atoms with Crippen molar-refractivity contribution in [3.63, 3.8) is 0 Å². The molecule has 0 aliphatic heterocycles. The lowest BCUT2D eigenvalue weighted by Crippen LogP contribution is -2.37. The molecule has 20 heavy (non-hydrogen) atoms. The molecule has 3 N–H and O–H groups in total. The average molecular weight is 273 g/mol. The Morgan fingerprint density at radius 1 is 1.25 bits per heavy atom. The number of methoxy groups -OCH3 is 1. The number of ether oxygens (including phenoxy) is 1. The zero-order chi connectivity index (χ0) is 14.9. The van der Waals surface area contributed by atoms with Crippen LogP contribution in [-0.4, -0.2) is 18.2 Å². The second-order valence-electron chi connectivity index (χ2n) is 5.41. The summed E-state index contributed by atoms with van der Waals surface area (Å²) in [5.74, 6) is -0.314. The molecule has 0 saturated carbocycles. The van der Waals surface area contributed by atoms with E-state index in [1.165, 1.54) is 7.11 Å². The third-order valence-corrected chi connectivity index (χ3v) is 3.75. The topological polar surface area (TPSA) is 72.5 Å². The Hall–Kier alpha value is -2.07. The minimum absolute atomic E-state index is 0.0909. The second-order valence-corrected chi connectivity index (χ2v) is 5.41. The first-order valence-corrected chi connectivity index (χ1v) is 6.44. The SMILES string of the molecule is COC(=O)C(C)(C)[C@@H](N)c1c(O)ccc2ccccc12. The molecule has 0 unspecified atom stereocenters. The summed E-state index contributed by atoms with van der Waals surface area (Å²) in [4.78, 5) is 11.9. The maximum absolute atomic E-state index is 11.9. The molecule has 0 saturated heterocycles. The molecule has 106 valence electrons. The van der Waals surface area contributed by atoms with Gasteiger partial charge in [-0.25, -0.2) is 0 Å². The summed E-state index contributed by atoms with van der Waals surface area (Å²) in [5.41, 5.74) is 5.89. The Labute approximate surface area is 118 Å². The van der Waals surface area contributed by atoms with Crippen molar-refractivity contribution in [1.82, 2.24) is 0 Å². The van der Waals surface area contributed by atoms with Gasteiger partial charge in [-0.15, -0.1) is 0 Å². The highest BCUT2D eigenvalue weighted by Gasteiger charge is 2.38. The van der Waals surface area contributed by atoms with E-state index in [1.807, 2.05) is 30.3 Å². The fourth-order valence-corrected chi connectivity index (χ4v) is 2.36. The highest BCUT2D eigenvalue weighted by atomic mass is 16.5. The summed E-state index contributed by atoms with van der Waals surface area (Å²) in [6, 6.07) is 10.4. The van der Waals surface area contributed by atoms with Crippen LogP contribution < -0.4 is 5.73 Å². The highest BCUT2D eigenvalue weighted by molar-refractivity contribution is 5.89. The van der Waals surface area contributed by atoms with Crippen LogP contribution >= 0.6 is 0 Å². The zero-order valence-corrected chi connectivity index (χ0v) is 11.9. The van der Waals surface area contributed by atoms with Crippen molar-refractivity contribution in [2.75, 3.05) is 7.11 Å². The van der Waals surface area contributed by atoms with Crippen molar-refractivity contribution < 1.29 is 14.6 Å². The molecule has 0 amide bonds. The van der Waals surface area contributed by atoms with Crippen molar-refractivity contribution in [2.45, 2.75) is 19.9 Å². The lowest BCUT2D eigenvalue weighted by Gasteiger charge is -2.30. The number of esters is 1. The van der Waals surface area contributed by atoms with Gasteiger partial charge in [0.2, 0.25) is 0 Å². The predicted molar refractivity (Wildman–Crippen MR) is 78.3 cm³/mol. The second kappa shape index (κ2) is 5.13. The van der Waals surface area contributed by atoms with E-state index in [4.69, 9.17) is 10.5 Å². The number of hydrogen-bond donors (Lipinski definition) is 2. The van der Waals surface area contributed by atoms with E-state index in [0.717, 1.165) is 10.8 Å². The highest BCUT2D eigenvalue weighted by Crippen LogP contribution is 2.40. The van der Waals surface area contributed by atoms with E-state index in [9.17, 15) is 9.90 Å². The normalized spacial score (nSPS) is 13.2. The van der Waals surface area contributed by atoms with Gasteiger partial charge in [0.25, 0.3) is 0 Å². The summed E-state index contributed by atoms with van der Waals surface area (Å²) < 4.78 is 4.81. The fraction of sp³-hybridized carbons (Fsp3) is 0.312. The first kappa shape index (κ1) is 14.3. The molecule has 2 rings (SSSR count). The largest absolute Gasteiger partial charge is 0.508 e. The molecular weight excluding hydrogens is 254 g/mol. The van der Waals surface area contributed by atoms with Gasteiger partial charge in [0.1, 0.15) is 5.75 Å². The summed E-state index contributed by atoms with van der Waals surface area (Å²) in [6.07, 6.45) is 0. The quantitative estimate of drug-likeness (QED) is 0.843. The number of aromatic hydroxyl groups is 1. The van der Waals surface area contributed by atoms with Gasteiger partial charge in [0.05, 0.1) is 12.5 Å². The van der Waals surface area contributed by atoms with Gasteiger partial charge >= 0.3 is 5.97 Å². The lowest BCUT2D eigenvalue weighted by atomic mass is 9.79. The molecule has 0 aliphatic rings. The van der Waals surface area contributed by atoms with E-state index >= 15 is 0 Å². The molecule has 0 heterocycles. The molecule has 0 spiro atoms. The molecule has 2 aromatic rings. The third kappa shape index (κ3) is 2.23. The van der Waals surface area contributed by atoms with Crippen molar-refractivity contribution in [3.8, 4) is 5.75 Å². The van der Waals surface area contributed by atoms with E-state index in [-0.39, 0.29) is 5.75 Å². The third-order valence-electron chi connectivity index (χ3n) is 3.75. The molecule has 4 heteroatoms. The van der Waals surface area contributed by atoms with E-state index < -0.39 is 17.4 Å². The molecular formula is C16H19NO3. The minimum atomic E-state index is -0.934. The molecule has 1 atom stereocenters. The zero-order valence-electron chi connectivity index (χ0n) is 11.9. The number of hydrogen-bond acceptors (Lipinski definition) is 4. The number of fused-ring (bicyclic) bond motifs is 1. The molecule has 0 aliphatic carbocycles. The molecule has 4 nitrogen and oxygen atoms in total. The van der Waals surface area contributed by atoms with E-state index in [0.29, 0.717) is 5.56 Å². The summed E-state index contributed by atoms with van der Waals surface area (Å²) in [5, 5.41) is 12.0. The Morgan fingerprint density at radius 2 is 1.90 bits per heavy atom. The first-order chi connectivity index (χ1) is 9.39. The molecule has 0 bridgehead atoms. The van der Waals surface area contributed by atoms with Crippen molar-refractivity contribution in [3.05, 3.63) is 42.0 Å². The van der Waals surface area contributed by atoms with Crippen LogP contribution in [0.5, 0.6) is 5.75 Å². The van der Waals surface area contributed by atoms with Crippen LogP contribution in [0.1, 0.15) is 25.5 Å². The van der Waals surface area contributed by atoms with Crippen LogP contribution in [0, 0.1) is 5.41 Å². The Bertz CT molecular complexity index is 649. The van der Waals surface area contributed by atoms with Gasteiger partial charge < -0.3 is 15.6 Å². The number of carbonyl (C=O) groups excluding carboxylic acids is 1. The Morgan fingerprint density at radius 3 is 2.55 bits per heavy atom. The number of benzene rings is 2. The maximum Gasteiger partial charge on any atom is 0.313 e. The molecule has 2 aromatic carbocycles. The van der Waals surface area contributed by atoms with Gasteiger partial charge in [-0.3, -0.25) is 4.79 Å². The fourth-order valence-electron chi connectivity index (χ4n) is 2.36. The van der Waals surface area contributed by atoms with Crippen LogP contribution in [-0.2, 0) is 9.53 Å². The number of carbonyl (C=O) groups is 1. The van der Waals surface area contributed by atoms with Crippen LogP contribution in [0.3, 0.4) is 0 Å². The van der Waals surface area contributed by atoms with Crippen LogP contribution in [0.2, 0.25) is 0 Å². The van der Waals surface area contributed by atoms with Crippen LogP contribution in [0.4, 0.5) is 0 Å². The van der Waals surface area contributed by atoms with Gasteiger partial charge in [0, 0.05) is 11.6 Å². The van der Waals surface area contributed by atoms with Crippen molar-refractivity contribution in [1.29, 1.82) is 0 Å². The molecule has 0 radical (unpaired) electrons. The van der Waals surface area contributed by atoms with Crippen molar-refractivity contribution >= 4 is 16.7 Å². The van der Waals surface area contributed by atoms with Crippen LogP contribution in [0.25, 0.3) is 10.8 Å². The van der Waals surface area contributed by atoms with Gasteiger partial charge in [-0.1, -0.05) is 30.3 Å². The maximum atomic E-state index is 11.9. The number of phenols is 1. The van der Waals surface area contributed by atoms with Gasteiger partial charge in [-0.05, 0) is 30.7 Å². The Balaban J connectivity index is 2.63. The van der Waals surface area contributed by atoms with Gasteiger partial charge in [-0.2, -0.15) is 0 Å². The first-order valence-electron chi connectivity index (χ1n) is 6.44. The van der Waals surface area contributed by atoms with E-state index in [1.54, 1.807) is 19.9 Å². The monoisotopic (exact) mass is 273 g/mol. The van der Waals surface area contributed by atoms with Crippen LogP contribution in [0.15, 0.2) is 36.4 Å². The van der Waals surface area contributed by atoms with Crippen molar-refractivity contribution in [2.24, 2.45) is 11.1 Å².